The summed E-state index contributed by atoms with van der Waals surface area (Å²) in [5, 5.41) is 2.47. The zero-order valence-corrected chi connectivity index (χ0v) is 15.0. The average molecular weight is 398 g/mol. The smallest absolute Gasteiger partial charge is 0.416 e. The lowest BCUT2D eigenvalue weighted by Gasteiger charge is -2.31. The molecule has 0 radical (unpaired) electrons. The molecule has 28 heavy (non-hydrogen) atoms. The zero-order chi connectivity index (χ0) is 20.3. The van der Waals surface area contributed by atoms with E-state index < -0.39 is 23.5 Å². The average Bonchev–Trinajstić information content (AvgIpc) is 2.68. The van der Waals surface area contributed by atoms with E-state index in [-0.39, 0.29) is 17.0 Å². The van der Waals surface area contributed by atoms with Crippen molar-refractivity contribution in [3.63, 3.8) is 0 Å². The molecule has 0 bridgehead atoms. The third kappa shape index (κ3) is 4.36. The van der Waals surface area contributed by atoms with Crippen LogP contribution in [0.15, 0.2) is 36.4 Å². The van der Waals surface area contributed by atoms with Crippen molar-refractivity contribution in [2.24, 2.45) is 0 Å². The number of anilines is 2. The van der Waals surface area contributed by atoms with Gasteiger partial charge < -0.3 is 19.7 Å². The van der Waals surface area contributed by atoms with Gasteiger partial charge in [0.05, 0.1) is 42.8 Å². The number of benzene rings is 2. The predicted molar refractivity (Wildman–Crippen MR) is 95.4 cm³/mol. The van der Waals surface area contributed by atoms with Crippen LogP contribution in [0, 0.1) is 5.82 Å². The molecular formula is C19H18F4N2O3. The Morgan fingerprint density at radius 2 is 1.86 bits per heavy atom. The van der Waals surface area contributed by atoms with Gasteiger partial charge in [-0.1, -0.05) is 0 Å². The summed E-state index contributed by atoms with van der Waals surface area (Å²) >= 11 is 0. The minimum atomic E-state index is -4.57. The molecule has 0 aromatic heterocycles. The van der Waals surface area contributed by atoms with Crippen LogP contribution in [-0.2, 0) is 10.9 Å². The molecule has 1 aliphatic heterocycles. The van der Waals surface area contributed by atoms with Crippen LogP contribution in [0.2, 0.25) is 0 Å². The van der Waals surface area contributed by atoms with E-state index in [4.69, 9.17) is 9.47 Å². The van der Waals surface area contributed by atoms with Crippen molar-refractivity contribution in [2.45, 2.75) is 6.18 Å². The number of morpholine rings is 1. The number of hydrogen-bond donors (Lipinski definition) is 1. The largest absolute Gasteiger partial charge is 0.496 e. The Kier molecular flexibility index (Phi) is 5.73. The highest BCUT2D eigenvalue weighted by atomic mass is 19.4. The molecule has 0 spiro atoms. The van der Waals surface area contributed by atoms with Crippen LogP contribution >= 0.6 is 0 Å². The van der Waals surface area contributed by atoms with Crippen molar-refractivity contribution < 1.29 is 31.8 Å². The number of halogens is 4. The van der Waals surface area contributed by atoms with Gasteiger partial charge in [0.25, 0.3) is 5.91 Å². The van der Waals surface area contributed by atoms with Gasteiger partial charge in [-0.3, -0.25) is 4.79 Å². The van der Waals surface area contributed by atoms with E-state index in [1.165, 1.54) is 19.2 Å². The molecule has 0 atom stereocenters. The summed E-state index contributed by atoms with van der Waals surface area (Å²) in [5.74, 6) is -1.33. The first-order valence-corrected chi connectivity index (χ1v) is 8.48. The van der Waals surface area contributed by atoms with E-state index in [0.29, 0.717) is 32.0 Å². The van der Waals surface area contributed by atoms with Gasteiger partial charge in [-0.15, -0.1) is 0 Å². The molecule has 1 N–H and O–H groups in total. The summed E-state index contributed by atoms with van der Waals surface area (Å²) in [6.45, 7) is 1.79. The highest BCUT2D eigenvalue weighted by molar-refractivity contribution is 6.07. The van der Waals surface area contributed by atoms with Gasteiger partial charge in [0.15, 0.2) is 0 Å². The molecule has 1 fully saturated rings. The molecule has 5 nitrogen and oxygen atoms in total. The lowest BCUT2D eigenvalue weighted by atomic mass is 10.1. The molecule has 2 aromatic rings. The van der Waals surface area contributed by atoms with E-state index in [9.17, 15) is 22.4 Å². The molecule has 0 unspecified atom stereocenters. The van der Waals surface area contributed by atoms with E-state index in [1.54, 1.807) is 0 Å². The highest BCUT2D eigenvalue weighted by Gasteiger charge is 2.32. The molecule has 2 aromatic carbocycles. The first kappa shape index (κ1) is 19.9. The van der Waals surface area contributed by atoms with Gasteiger partial charge in [-0.25, -0.2) is 4.39 Å². The Labute approximate surface area is 158 Å². The van der Waals surface area contributed by atoms with Gasteiger partial charge in [0.2, 0.25) is 0 Å². The summed E-state index contributed by atoms with van der Waals surface area (Å²) in [7, 11) is 1.31. The molecule has 0 saturated carbocycles. The van der Waals surface area contributed by atoms with Crippen LogP contribution in [0.3, 0.4) is 0 Å². The van der Waals surface area contributed by atoms with E-state index in [1.807, 2.05) is 4.90 Å². The Morgan fingerprint density at radius 3 is 2.50 bits per heavy atom. The van der Waals surface area contributed by atoms with Crippen molar-refractivity contribution in [1.82, 2.24) is 0 Å². The third-order valence-electron chi connectivity index (χ3n) is 4.33. The van der Waals surface area contributed by atoms with Crippen molar-refractivity contribution in [1.29, 1.82) is 0 Å². The van der Waals surface area contributed by atoms with Crippen LogP contribution < -0.4 is 15.0 Å². The van der Waals surface area contributed by atoms with E-state index in [2.05, 4.69) is 5.32 Å². The molecular weight excluding hydrogens is 380 g/mol. The number of carbonyl (C=O) groups excluding carboxylic acids is 1. The van der Waals surface area contributed by atoms with E-state index >= 15 is 0 Å². The fraction of sp³-hybridized carbons (Fsp3) is 0.316. The molecule has 1 saturated heterocycles. The zero-order valence-electron chi connectivity index (χ0n) is 15.0. The fourth-order valence-corrected chi connectivity index (χ4v) is 2.94. The second-order valence-electron chi connectivity index (χ2n) is 6.13. The van der Waals surface area contributed by atoms with Crippen LogP contribution in [0.5, 0.6) is 5.75 Å². The predicted octanol–water partition coefficient (Wildman–Crippen LogP) is 3.94. The second-order valence-corrected chi connectivity index (χ2v) is 6.13. The summed E-state index contributed by atoms with van der Waals surface area (Å²) in [5.41, 5.74) is -0.605. The maximum Gasteiger partial charge on any atom is 0.416 e. The number of nitrogens with one attached hydrogen (secondary N) is 1. The number of ether oxygens (including phenoxy) is 2. The second kappa shape index (κ2) is 8.05. The maximum absolute atomic E-state index is 13.6. The number of amides is 1. The molecule has 1 aliphatic rings. The van der Waals surface area contributed by atoms with Crippen molar-refractivity contribution >= 4 is 17.3 Å². The molecule has 9 heteroatoms. The van der Waals surface area contributed by atoms with Gasteiger partial charge in [-0.05, 0) is 36.4 Å². The first-order valence-electron chi connectivity index (χ1n) is 8.48. The number of hydrogen-bond acceptors (Lipinski definition) is 4. The standard InChI is InChI=1S/C19H18F4N2O3/c1-27-17-5-3-13(20)11-14(17)18(26)24-15-10-12(19(21,22)23)2-4-16(15)25-6-8-28-9-7-25/h2-5,10-11H,6-9H2,1H3,(H,24,26). The number of rotatable bonds is 4. The lowest BCUT2D eigenvalue weighted by molar-refractivity contribution is -0.137. The molecule has 3 rings (SSSR count). The number of alkyl halides is 3. The molecule has 1 amide bonds. The monoisotopic (exact) mass is 398 g/mol. The van der Waals surface area contributed by atoms with Crippen LogP contribution in [0.4, 0.5) is 28.9 Å². The Hall–Kier alpha value is -2.81. The van der Waals surface area contributed by atoms with Crippen molar-refractivity contribution in [3.8, 4) is 5.75 Å². The minimum absolute atomic E-state index is 0.0203. The summed E-state index contributed by atoms with van der Waals surface area (Å²) in [6.07, 6.45) is -4.57. The fourth-order valence-electron chi connectivity index (χ4n) is 2.94. The molecule has 1 heterocycles. The van der Waals surface area contributed by atoms with Gasteiger partial charge in [-0.2, -0.15) is 13.2 Å². The highest BCUT2D eigenvalue weighted by Crippen LogP contribution is 2.36. The van der Waals surface area contributed by atoms with Gasteiger partial charge in [0.1, 0.15) is 11.6 Å². The third-order valence-corrected chi connectivity index (χ3v) is 4.33. The first-order chi connectivity index (χ1) is 13.3. The van der Waals surface area contributed by atoms with Gasteiger partial charge in [0, 0.05) is 13.1 Å². The van der Waals surface area contributed by atoms with Crippen LogP contribution in [0.25, 0.3) is 0 Å². The Morgan fingerprint density at radius 1 is 1.14 bits per heavy atom. The van der Waals surface area contributed by atoms with Gasteiger partial charge >= 0.3 is 6.18 Å². The van der Waals surface area contributed by atoms with Crippen molar-refractivity contribution in [3.05, 3.63) is 53.3 Å². The lowest BCUT2D eigenvalue weighted by Crippen LogP contribution is -2.36. The number of carbonyl (C=O) groups is 1. The topological polar surface area (TPSA) is 50.8 Å². The normalized spacial score (nSPS) is 14.7. The summed E-state index contributed by atoms with van der Waals surface area (Å²) < 4.78 is 63.4. The van der Waals surface area contributed by atoms with Crippen LogP contribution in [-0.4, -0.2) is 39.3 Å². The molecule has 150 valence electrons. The maximum atomic E-state index is 13.6. The molecule has 0 aliphatic carbocycles. The van der Waals surface area contributed by atoms with E-state index in [0.717, 1.165) is 24.3 Å². The quantitative estimate of drug-likeness (QED) is 0.793. The Bertz CT molecular complexity index is 865. The number of nitrogens with zero attached hydrogens (tertiary/aromatic N) is 1. The number of methoxy groups -OCH3 is 1. The SMILES string of the molecule is COc1ccc(F)cc1C(=O)Nc1cc(C(F)(F)F)ccc1N1CCOCC1. The minimum Gasteiger partial charge on any atom is -0.496 e. The summed E-state index contributed by atoms with van der Waals surface area (Å²) in [6, 6.07) is 6.51. The van der Waals surface area contributed by atoms with Crippen LogP contribution in [0.1, 0.15) is 15.9 Å². The van der Waals surface area contributed by atoms with Crippen molar-refractivity contribution in [2.75, 3.05) is 43.6 Å². The Balaban J connectivity index is 1.98. The summed E-state index contributed by atoms with van der Waals surface area (Å²) in [4.78, 5) is 14.5.